The first-order chi connectivity index (χ1) is 16.4. The van der Waals surface area contributed by atoms with E-state index in [0.29, 0.717) is 11.3 Å². The van der Waals surface area contributed by atoms with E-state index in [-0.39, 0.29) is 16.9 Å². The minimum atomic E-state index is -3.79. The van der Waals surface area contributed by atoms with E-state index >= 15 is 0 Å². The standard InChI is InChI=1S/C26H25N5O2S/c1-19(29-26(27)30-22-15-17-28-18-16-22)20-11-13-23(14-12-20)31-34(32,33)25-10-6-5-9-24(25)21-7-3-2-4-8-21/h2-19,31H,1H3,(H3,27,28,29,30)/t19-/m0/s1. The van der Waals surface area contributed by atoms with Crippen molar-refractivity contribution in [1.82, 2.24) is 10.3 Å². The molecule has 0 saturated heterocycles. The van der Waals surface area contributed by atoms with E-state index in [9.17, 15) is 8.42 Å². The number of sulfonamides is 1. The van der Waals surface area contributed by atoms with Crippen molar-refractivity contribution in [2.75, 3.05) is 10.0 Å². The fourth-order valence-electron chi connectivity index (χ4n) is 3.52. The summed E-state index contributed by atoms with van der Waals surface area (Å²) in [6.07, 6.45) is 3.30. The number of pyridine rings is 1. The summed E-state index contributed by atoms with van der Waals surface area (Å²) in [7, 11) is -3.79. The van der Waals surface area contributed by atoms with Crippen molar-refractivity contribution in [2.45, 2.75) is 17.9 Å². The lowest BCUT2D eigenvalue weighted by atomic mass is 10.1. The molecule has 0 bridgehead atoms. The molecule has 0 unspecified atom stereocenters. The average Bonchev–Trinajstić information content (AvgIpc) is 2.85. The van der Waals surface area contributed by atoms with Gasteiger partial charge in [-0.1, -0.05) is 60.7 Å². The fourth-order valence-corrected chi connectivity index (χ4v) is 4.81. The third-order valence-electron chi connectivity index (χ3n) is 5.23. The molecule has 4 N–H and O–H groups in total. The van der Waals surface area contributed by atoms with Gasteiger partial charge in [0.2, 0.25) is 0 Å². The number of hydrogen-bond donors (Lipinski definition) is 4. The Hall–Kier alpha value is -4.17. The van der Waals surface area contributed by atoms with Crippen LogP contribution in [-0.2, 0) is 10.0 Å². The third kappa shape index (κ3) is 5.60. The Balaban J connectivity index is 1.45. The highest BCUT2D eigenvalue weighted by Crippen LogP contribution is 2.28. The molecule has 0 aliphatic heterocycles. The molecule has 1 atom stereocenters. The van der Waals surface area contributed by atoms with Gasteiger partial charge in [-0.25, -0.2) is 8.42 Å². The van der Waals surface area contributed by atoms with Crippen molar-refractivity contribution in [3.8, 4) is 11.1 Å². The Kier molecular flexibility index (Phi) is 6.89. The maximum atomic E-state index is 13.2. The zero-order valence-electron chi connectivity index (χ0n) is 18.6. The largest absolute Gasteiger partial charge is 0.350 e. The zero-order chi connectivity index (χ0) is 24.0. The van der Waals surface area contributed by atoms with Crippen LogP contribution in [-0.4, -0.2) is 19.4 Å². The number of aromatic nitrogens is 1. The number of benzene rings is 3. The van der Waals surface area contributed by atoms with E-state index in [1.807, 2.05) is 55.5 Å². The summed E-state index contributed by atoms with van der Waals surface area (Å²) < 4.78 is 29.0. The van der Waals surface area contributed by atoms with Gasteiger partial charge in [-0.05, 0) is 48.4 Å². The molecule has 0 aliphatic rings. The van der Waals surface area contributed by atoms with Crippen molar-refractivity contribution in [1.29, 1.82) is 5.41 Å². The van der Waals surface area contributed by atoms with E-state index < -0.39 is 10.0 Å². The van der Waals surface area contributed by atoms with Gasteiger partial charge in [-0.3, -0.25) is 15.1 Å². The summed E-state index contributed by atoms with van der Waals surface area (Å²) in [5, 5.41) is 14.2. The summed E-state index contributed by atoms with van der Waals surface area (Å²) in [5.74, 6) is 0.154. The van der Waals surface area contributed by atoms with Gasteiger partial charge in [0.15, 0.2) is 5.96 Å². The van der Waals surface area contributed by atoms with E-state index in [1.165, 1.54) is 0 Å². The van der Waals surface area contributed by atoms with Crippen LogP contribution in [0.25, 0.3) is 11.1 Å². The summed E-state index contributed by atoms with van der Waals surface area (Å²) in [6.45, 7) is 1.93. The van der Waals surface area contributed by atoms with Gasteiger partial charge >= 0.3 is 0 Å². The van der Waals surface area contributed by atoms with Gasteiger partial charge in [0.25, 0.3) is 10.0 Å². The summed E-state index contributed by atoms with van der Waals surface area (Å²) in [5.41, 5.74) is 3.62. The highest BCUT2D eigenvalue weighted by molar-refractivity contribution is 7.92. The molecule has 1 aromatic heterocycles. The maximum absolute atomic E-state index is 13.2. The molecule has 4 aromatic rings. The van der Waals surface area contributed by atoms with Gasteiger partial charge in [0.05, 0.1) is 10.9 Å². The summed E-state index contributed by atoms with van der Waals surface area (Å²) in [6, 6.07) is 26.9. The van der Waals surface area contributed by atoms with Crippen molar-refractivity contribution >= 4 is 27.4 Å². The Morgan fingerprint density at radius 3 is 2.18 bits per heavy atom. The molecule has 1 heterocycles. The smallest absolute Gasteiger partial charge is 0.262 e. The Morgan fingerprint density at radius 2 is 1.47 bits per heavy atom. The molecule has 0 saturated carbocycles. The Morgan fingerprint density at radius 1 is 0.824 bits per heavy atom. The van der Waals surface area contributed by atoms with Crippen LogP contribution in [0.2, 0.25) is 0 Å². The first-order valence-corrected chi connectivity index (χ1v) is 12.2. The molecule has 172 valence electrons. The molecule has 0 amide bonds. The minimum absolute atomic E-state index is 0.154. The molecule has 8 heteroatoms. The fraction of sp³-hybridized carbons (Fsp3) is 0.0769. The molecule has 0 spiro atoms. The Labute approximate surface area is 199 Å². The lowest BCUT2D eigenvalue weighted by Gasteiger charge is -2.18. The number of nitrogens with zero attached hydrogens (tertiary/aromatic N) is 1. The van der Waals surface area contributed by atoms with E-state index in [0.717, 1.165) is 16.8 Å². The van der Waals surface area contributed by atoms with Gasteiger partial charge < -0.3 is 10.6 Å². The highest BCUT2D eigenvalue weighted by atomic mass is 32.2. The van der Waals surface area contributed by atoms with Crippen LogP contribution in [0, 0.1) is 5.41 Å². The molecular formula is C26H25N5O2S. The van der Waals surface area contributed by atoms with Crippen LogP contribution in [0.1, 0.15) is 18.5 Å². The third-order valence-corrected chi connectivity index (χ3v) is 6.67. The van der Waals surface area contributed by atoms with E-state index in [2.05, 4.69) is 20.3 Å². The van der Waals surface area contributed by atoms with Crippen LogP contribution in [0.15, 0.2) is 108 Å². The van der Waals surface area contributed by atoms with Crippen LogP contribution in [0.3, 0.4) is 0 Å². The average molecular weight is 472 g/mol. The Bertz CT molecular complexity index is 1360. The topological polar surface area (TPSA) is 107 Å². The molecule has 0 radical (unpaired) electrons. The quantitative estimate of drug-likeness (QED) is 0.218. The van der Waals surface area contributed by atoms with Crippen LogP contribution >= 0.6 is 0 Å². The predicted octanol–water partition coefficient (Wildman–Crippen LogP) is 5.25. The predicted molar refractivity (Wildman–Crippen MR) is 136 cm³/mol. The number of rotatable bonds is 7. The van der Waals surface area contributed by atoms with Crippen LogP contribution in [0.4, 0.5) is 11.4 Å². The molecular weight excluding hydrogens is 446 g/mol. The van der Waals surface area contributed by atoms with E-state index in [1.54, 1.807) is 54.9 Å². The first kappa shape index (κ1) is 23.0. The van der Waals surface area contributed by atoms with Crippen molar-refractivity contribution in [3.05, 3.63) is 109 Å². The molecule has 3 aromatic carbocycles. The zero-order valence-corrected chi connectivity index (χ0v) is 19.4. The second kappa shape index (κ2) is 10.2. The monoisotopic (exact) mass is 471 g/mol. The lowest BCUT2D eigenvalue weighted by molar-refractivity contribution is 0.601. The van der Waals surface area contributed by atoms with Crippen molar-refractivity contribution < 1.29 is 8.42 Å². The minimum Gasteiger partial charge on any atom is -0.350 e. The SMILES string of the molecule is C[C@H](NC(=N)Nc1ccncc1)c1ccc(NS(=O)(=O)c2ccccc2-c2ccccc2)cc1. The second-order valence-corrected chi connectivity index (χ2v) is 9.34. The van der Waals surface area contributed by atoms with E-state index in [4.69, 9.17) is 5.41 Å². The highest BCUT2D eigenvalue weighted by Gasteiger charge is 2.19. The second-order valence-electron chi connectivity index (χ2n) is 7.69. The van der Waals surface area contributed by atoms with Crippen molar-refractivity contribution in [2.24, 2.45) is 0 Å². The normalized spacial score (nSPS) is 11.9. The summed E-state index contributed by atoms with van der Waals surface area (Å²) >= 11 is 0. The van der Waals surface area contributed by atoms with Gasteiger partial charge in [-0.2, -0.15) is 0 Å². The lowest BCUT2D eigenvalue weighted by Crippen LogP contribution is -2.31. The van der Waals surface area contributed by atoms with Crippen LogP contribution in [0.5, 0.6) is 0 Å². The summed E-state index contributed by atoms with van der Waals surface area (Å²) in [4.78, 5) is 4.17. The van der Waals surface area contributed by atoms with Crippen LogP contribution < -0.4 is 15.4 Å². The molecule has 7 nitrogen and oxygen atoms in total. The number of anilines is 2. The van der Waals surface area contributed by atoms with Gasteiger partial charge in [0, 0.05) is 29.3 Å². The molecule has 4 rings (SSSR count). The number of hydrogen-bond acceptors (Lipinski definition) is 4. The van der Waals surface area contributed by atoms with Gasteiger partial charge in [0.1, 0.15) is 0 Å². The van der Waals surface area contributed by atoms with Crippen molar-refractivity contribution in [3.63, 3.8) is 0 Å². The number of nitrogens with one attached hydrogen (secondary N) is 4. The van der Waals surface area contributed by atoms with Gasteiger partial charge in [-0.15, -0.1) is 0 Å². The molecule has 0 fully saturated rings. The molecule has 0 aliphatic carbocycles. The maximum Gasteiger partial charge on any atom is 0.262 e. The molecule has 34 heavy (non-hydrogen) atoms. The first-order valence-electron chi connectivity index (χ1n) is 10.7. The number of guanidine groups is 1.